The number of aliphatic hydroxyl groups is 1. The van der Waals surface area contributed by atoms with E-state index in [-0.39, 0.29) is 72.6 Å². The van der Waals surface area contributed by atoms with Gasteiger partial charge in [-0.2, -0.15) is 0 Å². The van der Waals surface area contributed by atoms with Crippen LogP contribution in [0.15, 0.2) is 66.7 Å². The summed E-state index contributed by atoms with van der Waals surface area (Å²) >= 11 is 0. The number of rotatable bonds is 18. The molecule has 7 rings (SSSR count). The predicted octanol–water partition coefficient (Wildman–Crippen LogP) is 1.28. The molecule has 2 aliphatic carbocycles. The molecule has 2 heterocycles. The molecule has 8 amide bonds. The summed E-state index contributed by atoms with van der Waals surface area (Å²) in [5, 5.41) is 34.2. The molecule has 1 unspecified atom stereocenters. The number of anilines is 1. The topological polar surface area (TPSA) is 286 Å². The van der Waals surface area contributed by atoms with Gasteiger partial charge in [0.2, 0.25) is 35.4 Å². The Morgan fingerprint density at radius 2 is 1.00 bits per heavy atom. The second-order valence-electron chi connectivity index (χ2n) is 21.0. The standard InChI is InChI=1S/C55H75N11O9/c1-29(2)46(63-48(68)30(3)57-6)54(74)65-27-38(25-44(65)52(72)61-42-20-12-16-33-14-8-10-18-40(33)42)59-50(70)35-22-36(24-37(56)23-35)51(71)60-39-26-45(53(73)62-43-21-13-17-34-15-9-11-19-41(34)43)66(28-39)55(75)47(32(5)67)64-49(69)31(4)58-7/h8-11,14-15,18-19,22-24,29-32,38-39,42-47,57-58,67H,12-13,16-17,20-21,25-28,56H2,1-7H3,(H,59,70)(H,60,71)(H,61,72)(H,62,73)(H,63,68)(H,64,69)/t30-,31-,32+,38-,39-,42?,43+,44-,45-,46-,47-/m0/s1. The van der Waals surface area contributed by atoms with E-state index in [1.54, 1.807) is 41.8 Å². The highest BCUT2D eigenvalue weighted by molar-refractivity contribution is 6.02. The molecule has 0 saturated carbocycles. The van der Waals surface area contributed by atoms with E-state index in [1.807, 2.05) is 48.5 Å². The maximum atomic E-state index is 14.5. The molecule has 75 heavy (non-hydrogen) atoms. The Balaban J connectivity index is 1.09. The number of nitrogens with two attached hydrogens (primary N) is 1. The second kappa shape index (κ2) is 24.6. The molecule has 11 atom stereocenters. The Bertz CT molecular complexity index is 2450. The predicted molar refractivity (Wildman–Crippen MR) is 282 cm³/mol. The molecule has 2 saturated heterocycles. The van der Waals surface area contributed by atoms with Crippen molar-refractivity contribution in [1.29, 1.82) is 0 Å². The van der Waals surface area contributed by atoms with Crippen LogP contribution in [0.2, 0.25) is 0 Å². The lowest BCUT2D eigenvalue weighted by molar-refractivity contribution is -0.144. The van der Waals surface area contributed by atoms with Crippen LogP contribution in [0.3, 0.4) is 0 Å². The molecular weight excluding hydrogens is 959 g/mol. The number of likely N-dealkylation sites (N-methyl/N-ethyl adjacent to an activating group) is 2. The number of aliphatic hydroxyl groups excluding tert-OH is 1. The number of nitrogens with one attached hydrogen (secondary N) is 8. The van der Waals surface area contributed by atoms with Crippen molar-refractivity contribution in [2.24, 2.45) is 5.92 Å². The van der Waals surface area contributed by atoms with Crippen LogP contribution in [0.4, 0.5) is 5.69 Å². The van der Waals surface area contributed by atoms with Gasteiger partial charge in [0, 0.05) is 42.0 Å². The number of carbonyl (C=O) groups excluding carboxylic acids is 8. The van der Waals surface area contributed by atoms with Gasteiger partial charge in [-0.05, 0) is 133 Å². The average Bonchev–Trinajstić information content (AvgIpc) is 4.03. The number of nitrogen functional groups attached to an aromatic ring is 1. The van der Waals surface area contributed by atoms with Crippen molar-refractivity contribution in [3.63, 3.8) is 0 Å². The SMILES string of the molecule is CN[C@@H](C)C(=O)N[C@H](C(=O)N1C[C@@H](NC(=O)c2cc(N)cc(C(=O)N[C@H]3C[C@@H](C(=O)N[C@@H]4CCCc5ccccc54)N(C(=O)[C@@H](NC(=O)[C@H](C)NC)[C@@H](C)O)C3)c2)C[C@H]1C(=O)NC1CCCc2ccccc21)C(C)C. The highest BCUT2D eigenvalue weighted by Gasteiger charge is 2.46. The van der Waals surface area contributed by atoms with Crippen LogP contribution in [0.5, 0.6) is 0 Å². The minimum Gasteiger partial charge on any atom is -0.399 e. The molecule has 0 aromatic heterocycles. The normalized spacial score (nSPS) is 23.1. The van der Waals surface area contributed by atoms with Gasteiger partial charge in [0.1, 0.15) is 24.2 Å². The number of aryl methyl sites for hydroxylation is 2. The molecule has 0 radical (unpaired) electrons. The first-order valence-electron chi connectivity index (χ1n) is 26.3. The van der Waals surface area contributed by atoms with Crippen molar-refractivity contribution in [2.75, 3.05) is 32.9 Å². The Kier molecular flexibility index (Phi) is 18.3. The minimum atomic E-state index is -1.41. The third-order valence-electron chi connectivity index (χ3n) is 15.2. The molecule has 11 N–H and O–H groups in total. The van der Waals surface area contributed by atoms with Gasteiger partial charge in [0.25, 0.3) is 11.8 Å². The number of fused-ring (bicyclic) bond motifs is 2. The summed E-state index contributed by atoms with van der Waals surface area (Å²) in [7, 11) is 3.22. The highest BCUT2D eigenvalue weighted by Crippen LogP contribution is 2.33. The van der Waals surface area contributed by atoms with Gasteiger partial charge < -0.3 is 63.2 Å². The number of hydrogen-bond donors (Lipinski definition) is 10. The fraction of sp³-hybridized carbons (Fsp3) is 0.527. The number of carbonyl (C=O) groups is 8. The van der Waals surface area contributed by atoms with Crippen LogP contribution in [0.25, 0.3) is 0 Å². The Morgan fingerprint density at radius 3 is 1.41 bits per heavy atom. The van der Waals surface area contributed by atoms with Gasteiger partial charge in [0.15, 0.2) is 0 Å². The number of benzene rings is 3. The van der Waals surface area contributed by atoms with Crippen molar-refractivity contribution >= 4 is 52.9 Å². The average molecular weight is 1030 g/mol. The fourth-order valence-electron chi connectivity index (χ4n) is 10.7. The van der Waals surface area contributed by atoms with E-state index >= 15 is 0 Å². The largest absolute Gasteiger partial charge is 0.399 e. The second-order valence-corrected chi connectivity index (χ2v) is 21.0. The maximum absolute atomic E-state index is 14.5. The molecule has 2 aliphatic heterocycles. The van der Waals surface area contributed by atoms with Gasteiger partial charge in [-0.3, -0.25) is 38.4 Å². The lowest BCUT2D eigenvalue weighted by Crippen LogP contribution is -2.59. The molecule has 2 fully saturated rings. The first kappa shape index (κ1) is 55.8. The number of nitrogens with zero attached hydrogens (tertiary/aromatic N) is 2. The number of hydrogen-bond acceptors (Lipinski definition) is 12. The third kappa shape index (κ3) is 13.1. The number of amides is 8. The zero-order valence-electron chi connectivity index (χ0n) is 44.0. The van der Waals surface area contributed by atoms with E-state index in [1.165, 1.54) is 34.9 Å². The summed E-state index contributed by atoms with van der Waals surface area (Å²) in [6, 6.07) is 12.1. The molecular formula is C55H75N11O9. The fourth-order valence-corrected chi connectivity index (χ4v) is 10.7. The van der Waals surface area contributed by atoms with Gasteiger partial charge in [-0.25, -0.2) is 0 Å². The van der Waals surface area contributed by atoms with E-state index < -0.39 is 89.9 Å². The van der Waals surface area contributed by atoms with Crippen LogP contribution in [-0.4, -0.2) is 144 Å². The van der Waals surface area contributed by atoms with E-state index in [0.717, 1.165) is 47.9 Å². The number of likely N-dealkylation sites (tertiary alicyclic amines) is 2. The lowest BCUT2D eigenvalue weighted by Gasteiger charge is -2.32. The van der Waals surface area contributed by atoms with Crippen LogP contribution >= 0.6 is 0 Å². The van der Waals surface area contributed by atoms with Crippen LogP contribution in [0, 0.1) is 5.92 Å². The minimum absolute atomic E-state index is 0.00446. The Hall–Kier alpha value is -6.90. The summed E-state index contributed by atoms with van der Waals surface area (Å²) in [5.41, 5.74) is 10.7. The molecule has 20 heteroatoms. The van der Waals surface area contributed by atoms with Gasteiger partial charge in [-0.1, -0.05) is 62.4 Å². The first-order valence-corrected chi connectivity index (χ1v) is 26.3. The Morgan fingerprint density at radius 1 is 0.587 bits per heavy atom. The summed E-state index contributed by atoms with van der Waals surface area (Å²) in [6.07, 6.45) is 3.58. The summed E-state index contributed by atoms with van der Waals surface area (Å²) < 4.78 is 0. The highest BCUT2D eigenvalue weighted by atomic mass is 16.3. The summed E-state index contributed by atoms with van der Waals surface area (Å²) in [4.78, 5) is 115. The van der Waals surface area contributed by atoms with E-state index in [4.69, 9.17) is 5.73 Å². The van der Waals surface area contributed by atoms with Crippen LogP contribution in [0.1, 0.15) is 128 Å². The van der Waals surface area contributed by atoms with Crippen molar-refractivity contribution < 1.29 is 43.5 Å². The van der Waals surface area contributed by atoms with Gasteiger partial charge in [0.05, 0.1) is 30.3 Å². The van der Waals surface area contributed by atoms with Crippen molar-refractivity contribution in [2.45, 2.75) is 153 Å². The van der Waals surface area contributed by atoms with Crippen molar-refractivity contribution in [3.05, 3.63) is 100 Å². The zero-order valence-corrected chi connectivity index (χ0v) is 44.0. The maximum Gasteiger partial charge on any atom is 0.251 e. The smallest absolute Gasteiger partial charge is 0.251 e. The monoisotopic (exact) mass is 1030 g/mol. The van der Waals surface area contributed by atoms with Crippen molar-refractivity contribution in [3.8, 4) is 0 Å². The molecule has 3 aromatic rings. The summed E-state index contributed by atoms with van der Waals surface area (Å²) in [6.45, 7) is 8.06. The molecule has 0 spiro atoms. The van der Waals surface area contributed by atoms with Crippen LogP contribution < -0.4 is 48.3 Å². The van der Waals surface area contributed by atoms with Gasteiger partial charge >= 0.3 is 0 Å². The van der Waals surface area contributed by atoms with E-state index in [9.17, 15) is 43.5 Å². The lowest BCUT2D eigenvalue weighted by atomic mass is 9.87. The van der Waals surface area contributed by atoms with Crippen LogP contribution in [-0.2, 0) is 41.6 Å². The first-order chi connectivity index (χ1) is 35.8. The molecule has 20 nitrogen and oxygen atoms in total. The van der Waals surface area contributed by atoms with Crippen molar-refractivity contribution in [1.82, 2.24) is 52.3 Å². The molecule has 3 aromatic carbocycles. The molecule has 4 aliphatic rings. The summed E-state index contributed by atoms with van der Waals surface area (Å²) in [5.74, 6) is -4.54. The van der Waals surface area contributed by atoms with E-state index in [2.05, 4.69) is 42.5 Å². The quantitative estimate of drug-likeness (QED) is 0.0808. The molecule has 0 bridgehead atoms. The molecule has 404 valence electrons. The zero-order chi connectivity index (χ0) is 54.2. The third-order valence-corrected chi connectivity index (χ3v) is 15.2. The van der Waals surface area contributed by atoms with E-state index in [0.29, 0.717) is 12.8 Å². The van der Waals surface area contributed by atoms with Gasteiger partial charge in [-0.15, -0.1) is 0 Å². The Labute approximate surface area is 438 Å².